The number of amides is 1. The van der Waals surface area contributed by atoms with E-state index in [0.717, 1.165) is 32.4 Å². The number of benzene rings is 1. The molecular weight excluding hydrogens is 472 g/mol. The second-order valence-corrected chi connectivity index (χ2v) is 9.84. The molecule has 0 spiro atoms. The van der Waals surface area contributed by atoms with Crippen molar-refractivity contribution in [2.24, 2.45) is 11.8 Å². The van der Waals surface area contributed by atoms with Gasteiger partial charge in [0.2, 0.25) is 0 Å². The lowest BCUT2D eigenvalue weighted by molar-refractivity contribution is -0.135. The van der Waals surface area contributed by atoms with Crippen LogP contribution in [-0.2, 0) is 11.2 Å². The number of anilines is 1. The lowest BCUT2D eigenvalue weighted by Crippen LogP contribution is -2.34. The molecule has 1 aliphatic carbocycles. The van der Waals surface area contributed by atoms with E-state index in [1.165, 1.54) is 22.4 Å². The van der Waals surface area contributed by atoms with Crippen molar-refractivity contribution in [3.8, 4) is 5.75 Å². The summed E-state index contributed by atoms with van der Waals surface area (Å²) in [4.78, 5) is 34.0. The number of carboxylic acids is 1. The fourth-order valence-electron chi connectivity index (χ4n) is 4.93. The topological polar surface area (TPSA) is 136 Å². The van der Waals surface area contributed by atoms with Crippen molar-refractivity contribution in [2.45, 2.75) is 39.5 Å². The van der Waals surface area contributed by atoms with E-state index >= 15 is 0 Å². The Bertz CT molecular complexity index is 1210. The highest BCUT2D eigenvalue weighted by atomic mass is 16.4. The molecule has 196 valence electrons. The van der Waals surface area contributed by atoms with Gasteiger partial charge in [0, 0.05) is 37.7 Å². The van der Waals surface area contributed by atoms with Crippen LogP contribution in [0.3, 0.4) is 0 Å². The molecule has 1 aromatic heterocycles. The summed E-state index contributed by atoms with van der Waals surface area (Å²) in [7, 11) is 0. The highest BCUT2D eigenvalue weighted by molar-refractivity contribution is 5.96. The van der Waals surface area contributed by atoms with Crippen LogP contribution >= 0.6 is 0 Å². The number of aliphatic carboxylic acids is 1. The van der Waals surface area contributed by atoms with Crippen molar-refractivity contribution in [2.75, 3.05) is 31.1 Å². The Morgan fingerprint density at radius 2 is 1.81 bits per heavy atom. The number of aliphatic hydroxyl groups is 1. The quantitative estimate of drug-likeness (QED) is 0.429. The van der Waals surface area contributed by atoms with Gasteiger partial charge in [0.05, 0.1) is 5.69 Å². The monoisotopic (exact) mass is 506 g/mol. The molecule has 1 saturated heterocycles. The summed E-state index contributed by atoms with van der Waals surface area (Å²) in [5.41, 5.74) is 4.89. The van der Waals surface area contributed by atoms with E-state index in [4.69, 9.17) is 5.11 Å². The van der Waals surface area contributed by atoms with Crippen LogP contribution in [0.25, 0.3) is 5.57 Å². The van der Waals surface area contributed by atoms with Gasteiger partial charge in [-0.1, -0.05) is 29.9 Å². The SMILES string of the molecule is CC1=CC(c2ccc(N3CCC(Cc4nc(C)c(O)c(C(=O)NCC(=O)O)n4)CC3)cc2)=CCC1CO. The third-order valence-electron chi connectivity index (χ3n) is 7.24. The Labute approximate surface area is 216 Å². The van der Waals surface area contributed by atoms with Crippen molar-refractivity contribution in [3.05, 3.63) is 64.8 Å². The van der Waals surface area contributed by atoms with E-state index in [9.17, 15) is 19.8 Å². The zero-order valence-electron chi connectivity index (χ0n) is 21.3. The van der Waals surface area contributed by atoms with Crippen LogP contribution in [0.4, 0.5) is 5.69 Å². The minimum atomic E-state index is -1.17. The number of hydrogen-bond donors (Lipinski definition) is 4. The number of aryl methyl sites for hydroxylation is 1. The molecule has 37 heavy (non-hydrogen) atoms. The van der Waals surface area contributed by atoms with Crippen molar-refractivity contribution < 1.29 is 24.9 Å². The number of carbonyl (C=O) groups is 2. The smallest absolute Gasteiger partial charge is 0.322 e. The molecule has 1 amide bonds. The number of aliphatic hydroxyl groups excluding tert-OH is 1. The lowest BCUT2D eigenvalue weighted by Gasteiger charge is -2.33. The first-order valence-electron chi connectivity index (χ1n) is 12.7. The number of allylic oxidation sites excluding steroid dienone is 3. The number of rotatable bonds is 8. The summed E-state index contributed by atoms with van der Waals surface area (Å²) >= 11 is 0. The predicted octanol–water partition coefficient (Wildman–Crippen LogP) is 3.11. The van der Waals surface area contributed by atoms with Gasteiger partial charge in [-0.25, -0.2) is 9.97 Å². The Hall–Kier alpha value is -3.72. The van der Waals surface area contributed by atoms with E-state index in [1.54, 1.807) is 6.92 Å². The summed E-state index contributed by atoms with van der Waals surface area (Å²) in [6.07, 6.45) is 7.70. The van der Waals surface area contributed by atoms with Crippen molar-refractivity contribution >= 4 is 23.1 Å². The number of hydrogen-bond acceptors (Lipinski definition) is 7. The second-order valence-electron chi connectivity index (χ2n) is 9.84. The van der Waals surface area contributed by atoms with Crippen LogP contribution in [0.15, 0.2) is 42.0 Å². The Morgan fingerprint density at radius 1 is 1.11 bits per heavy atom. The molecule has 1 atom stereocenters. The van der Waals surface area contributed by atoms with Crippen LogP contribution in [-0.4, -0.2) is 63.4 Å². The number of nitrogens with zero attached hydrogens (tertiary/aromatic N) is 3. The molecule has 4 rings (SSSR count). The van der Waals surface area contributed by atoms with Gasteiger partial charge in [0.15, 0.2) is 11.4 Å². The molecule has 9 nitrogen and oxygen atoms in total. The van der Waals surface area contributed by atoms with Crippen LogP contribution < -0.4 is 10.2 Å². The van der Waals surface area contributed by atoms with E-state index in [-0.39, 0.29) is 24.0 Å². The average molecular weight is 507 g/mol. The summed E-state index contributed by atoms with van der Waals surface area (Å²) in [6, 6.07) is 8.62. The summed E-state index contributed by atoms with van der Waals surface area (Å²) in [5, 5.41) is 30.7. The van der Waals surface area contributed by atoms with Crippen molar-refractivity contribution in [3.63, 3.8) is 0 Å². The van der Waals surface area contributed by atoms with Gasteiger partial charge in [-0.2, -0.15) is 0 Å². The summed E-state index contributed by atoms with van der Waals surface area (Å²) in [6.45, 7) is 5.11. The fourth-order valence-corrected chi connectivity index (χ4v) is 4.93. The highest BCUT2D eigenvalue weighted by Gasteiger charge is 2.24. The molecular formula is C28H34N4O5. The number of piperidine rings is 1. The molecule has 2 aromatic rings. The van der Waals surface area contributed by atoms with Gasteiger partial charge < -0.3 is 25.5 Å². The van der Waals surface area contributed by atoms with E-state index in [0.29, 0.717) is 23.9 Å². The Kier molecular flexibility index (Phi) is 8.23. The largest absolute Gasteiger partial charge is 0.504 e. The molecule has 1 aliphatic heterocycles. The van der Waals surface area contributed by atoms with Gasteiger partial charge in [-0.3, -0.25) is 9.59 Å². The minimum absolute atomic E-state index is 0.183. The number of aromatic hydroxyl groups is 1. The first-order chi connectivity index (χ1) is 17.7. The van der Waals surface area contributed by atoms with Gasteiger partial charge in [-0.05, 0) is 62.3 Å². The molecule has 2 heterocycles. The van der Waals surface area contributed by atoms with Crippen LogP contribution in [0.5, 0.6) is 5.75 Å². The lowest BCUT2D eigenvalue weighted by atomic mass is 9.87. The molecule has 1 unspecified atom stereocenters. The predicted molar refractivity (Wildman–Crippen MR) is 140 cm³/mol. The highest BCUT2D eigenvalue weighted by Crippen LogP contribution is 2.31. The maximum absolute atomic E-state index is 12.3. The van der Waals surface area contributed by atoms with Crippen LogP contribution in [0.1, 0.15) is 53.8 Å². The van der Waals surface area contributed by atoms with Crippen molar-refractivity contribution in [1.29, 1.82) is 0 Å². The number of carbonyl (C=O) groups excluding carboxylic acids is 1. The van der Waals surface area contributed by atoms with Crippen LogP contribution in [0, 0.1) is 18.8 Å². The number of nitrogens with one attached hydrogen (secondary N) is 1. The third kappa shape index (κ3) is 6.35. The zero-order valence-corrected chi connectivity index (χ0v) is 21.3. The summed E-state index contributed by atoms with van der Waals surface area (Å²) in [5.74, 6) is -1.18. The Balaban J connectivity index is 1.35. The molecule has 2 aliphatic rings. The fraction of sp³-hybridized carbons (Fsp3) is 0.429. The standard InChI is InChI=1S/C28H34N4O5/c1-17-13-21(3-4-22(17)16-33)20-5-7-23(8-6-20)32-11-9-19(10-12-32)14-24-30-18(2)27(36)26(31-24)28(37)29-15-25(34)35/h3,5-8,13,19,22,33,36H,4,9-12,14-16H2,1-2H3,(H,29,37)(H,34,35). The average Bonchev–Trinajstić information content (AvgIpc) is 2.89. The maximum atomic E-state index is 12.3. The second kappa shape index (κ2) is 11.6. The first-order valence-corrected chi connectivity index (χ1v) is 12.7. The molecule has 0 saturated carbocycles. The van der Waals surface area contributed by atoms with E-state index in [1.807, 2.05) is 0 Å². The molecule has 1 aromatic carbocycles. The minimum Gasteiger partial charge on any atom is -0.504 e. The normalized spacial score (nSPS) is 18.2. The number of aromatic nitrogens is 2. The van der Waals surface area contributed by atoms with Crippen LogP contribution in [0.2, 0.25) is 0 Å². The zero-order chi connectivity index (χ0) is 26.5. The molecule has 0 radical (unpaired) electrons. The summed E-state index contributed by atoms with van der Waals surface area (Å²) < 4.78 is 0. The molecule has 1 fully saturated rings. The van der Waals surface area contributed by atoms with Crippen molar-refractivity contribution in [1.82, 2.24) is 15.3 Å². The Morgan fingerprint density at radius 3 is 2.43 bits per heavy atom. The van der Waals surface area contributed by atoms with E-state index < -0.39 is 18.4 Å². The molecule has 0 bridgehead atoms. The number of carboxylic acid groups (broad SMARTS) is 1. The van der Waals surface area contributed by atoms with E-state index in [2.05, 4.69) is 63.5 Å². The molecule has 4 N–H and O–H groups in total. The van der Waals surface area contributed by atoms with Gasteiger partial charge in [0.25, 0.3) is 5.91 Å². The van der Waals surface area contributed by atoms with Gasteiger partial charge in [-0.15, -0.1) is 0 Å². The maximum Gasteiger partial charge on any atom is 0.322 e. The van der Waals surface area contributed by atoms with Gasteiger partial charge in [0.1, 0.15) is 12.4 Å². The third-order valence-corrected chi connectivity index (χ3v) is 7.24. The first kappa shape index (κ1) is 26.3. The van der Waals surface area contributed by atoms with Gasteiger partial charge >= 0.3 is 5.97 Å². The molecule has 9 heteroatoms.